The van der Waals surface area contributed by atoms with Gasteiger partial charge in [0.25, 0.3) is 0 Å². The zero-order chi connectivity index (χ0) is 18.2. The van der Waals surface area contributed by atoms with E-state index in [-0.39, 0.29) is 32.4 Å². The number of rotatable bonds is 1. The Kier molecular flexibility index (Phi) is 11.6. The van der Waals surface area contributed by atoms with Gasteiger partial charge < -0.3 is 22.9 Å². The Morgan fingerprint density at radius 3 is 0.963 bits per heavy atom. The molecule has 6 heteroatoms. The molecule has 1 saturated carbocycles. The van der Waals surface area contributed by atoms with Crippen LogP contribution in [0.25, 0.3) is 11.6 Å². The largest absolute Gasteiger partial charge is 0.412 e. The normalized spacial score (nSPS) is 26.2. The molecule has 0 aliphatic heterocycles. The number of aromatic nitrogens is 4. The summed E-state index contributed by atoms with van der Waals surface area (Å²) in [6.07, 6.45) is 0. The van der Waals surface area contributed by atoms with Crippen molar-refractivity contribution in [2.24, 2.45) is 29.6 Å². The number of hydrogen-bond acceptors (Lipinski definition) is 2. The monoisotopic (exact) mass is 466 g/mol. The second kappa shape index (κ2) is 11.1. The predicted molar refractivity (Wildman–Crippen MR) is 111 cm³/mol. The van der Waals surface area contributed by atoms with Gasteiger partial charge >= 0.3 is 0 Å². The van der Waals surface area contributed by atoms with Crippen molar-refractivity contribution < 1.29 is 25.0 Å². The van der Waals surface area contributed by atoms with Gasteiger partial charge in [-0.3, -0.25) is 0 Å². The van der Waals surface area contributed by atoms with Gasteiger partial charge in [0.15, 0.2) is 11.6 Å². The van der Waals surface area contributed by atoms with Gasteiger partial charge in [0.05, 0.1) is 11.4 Å². The van der Waals surface area contributed by atoms with Gasteiger partial charge in [-0.05, 0) is 57.3 Å². The number of aryl methyl sites for hydroxylation is 4. The minimum atomic E-state index is 0. The van der Waals surface area contributed by atoms with E-state index in [1.807, 2.05) is 27.7 Å². The first-order valence-corrected chi connectivity index (χ1v) is 9.20. The minimum absolute atomic E-state index is 0. The van der Waals surface area contributed by atoms with E-state index >= 15 is 0 Å². The molecular weight excluding hydrogens is 427 g/mol. The molecule has 2 aromatic heterocycles. The van der Waals surface area contributed by atoms with Gasteiger partial charge in [0, 0.05) is 30.9 Å². The van der Waals surface area contributed by atoms with Crippen molar-refractivity contribution in [2.75, 3.05) is 0 Å². The molecule has 1 aliphatic rings. The van der Waals surface area contributed by atoms with Crippen molar-refractivity contribution in [2.45, 2.75) is 62.3 Å². The average Bonchev–Trinajstić information content (AvgIpc) is 3.11. The predicted octanol–water partition coefficient (Wildman–Crippen LogP) is 4.84. The molecule has 2 heterocycles. The summed E-state index contributed by atoms with van der Waals surface area (Å²) in [7, 11) is 0. The summed E-state index contributed by atoms with van der Waals surface area (Å²) < 4.78 is 0. The fourth-order valence-electron chi connectivity index (χ4n) is 3.71. The Morgan fingerprint density at radius 2 is 0.815 bits per heavy atom. The van der Waals surface area contributed by atoms with Crippen LogP contribution in [0.2, 0.25) is 0 Å². The summed E-state index contributed by atoms with van der Waals surface area (Å²) in [5.74, 6) is 6.31. The molecule has 0 spiro atoms. The second-order valence-electron chi connectivity index (χ2n) is 7.89. The number of aromatic amines is 2. The molecule has 4 N–H and O–H groups in total. The topological polar surface area (TPSA) is 88.9 Å². The Morgan fingerprint density at radius 1 is 0.593 bits per heavy atom. The quantitative estimate of drug-likeness (QED) is 0.465. The maximum Gasteiger partial charge on any atom is 0.174 e. The van der Waals surface area contributed by atoms with Crippen LogP contribution in [0.4, 0.5) is 0 Å². The Balaban J connectivity index is 0. The molecule has 0 bridgehead atoms. The maximum atomic E-state index is 4.39. The van der Waals surface area contributed by atoms with E-state index in [9.17, 15) is 0 Å². The third kappa shape index (κ3) is 5.99. The van der Waals surface area contributed by atoms with Crippen LogP contribution in [0.3, 0.4) is 0 Å². The molecule has 159 valence electrons. The molecule has 3 rings (SSSR count). The minimum Gasteiger partial charge on any atom is -0.412 e. The van der Waals surface area contributed by atoms with Crippen LogP contribution in [0, 0.1) is 64.7 Å². The summed E-state index contributed by atoms with van der Waals surface area (Å²) in [4.78, 5) is 15.2. The van der Waals surface area contributed by atoms with E-state index in [2.05, 4.69) is 54.6 Å². The smallest absolute Gasteiger partial charge is 0.174 e. The van der Waals surface area contributed by atoms with Crippen molar-refractivity contribution in [3.8, 4) is 11.6 Å². The zero-order valence-corrected chi connectivity index (χ0v) is 20.3. The van der Waals surface area contributed by atoms with Gasteiger partial charge in [-0.25, -0.2) is 9.97 Å². The molecule has 0 saturated heterocycles. The number of imidazole rings is 2. The molecule has 2 aromatic rings. The fraction of sp³-hybridized carbons (Fsp3) is 0.667. The van der Waals surface area contributed by atoms with Crippen LogP contribution in [0.5, 0.6) is 0 Å². The van der Waals surface area contributed by atoms with Crippen LogP contribution < -0.4 is 0 Å². The van der Waals surface area contributed by atoms with Gasteiger partial charge in [-0.1, -0.05) is 34.6 Å². The van der Waals surface area contributed by atoms with Gasteiger partial charge in [-0.15, -0.1) is 0 Å². The summed E-state index contributed by atoms with van der Waals surface area (Å²) in [5.41, 5.74) is 4.22. The standard InChI is InChI=1S/C10H14N4.C10H20.CH3.H2O.Rh/c1-5-6(2)12-9(11-5)10-13-7(3)8(4)14-10;1-6-7(2)9(4)10(5)8(6)3;;;/h1-4H3,(H,11,12)(H,13,14);6-10H,1-5H3;1H3;1H2;/q;;-1;;. The van der Waals surface area contributed by atoms with Gasteiger partial charge in [0.1, 0.15) is 0 Å². The molecule has 27 heavy (non-hydrogen) atoms. The summed E-state index contributed by atoms with van der Waals surface area (Å²) >= 11 is 0. The molecular formula is C21H39N4ORh-. The number of nitrogens with zero attached hydrogens (tertiary/aromatic N) is 2. The summed E-state index contributed by atoms with van der Waals surface area (Å²) in [6, 6.07) is 0. The first-order valence-electron chi connectivity index (χ1n) is 9.20. The summed E-state index contributed by atoms with van der Waals surface area (Å²) in [6.45, 7) is 20.0. The zero-order valence-electron chi connectivity index (χ0n) is 18.6. The molecule has 0 atom stereocenters. The third-order valence-corrected chi connectivity index (χ3v) is 6.63. The van der Waals surface area contributed by atoms with Crippen molar-refractivity contribution >= 4 is 0 Å². The number of nitrogens with one attached hydrogen (secondary N) is 2. The number of hydrogen-bond donors (Lipinski definition) is 2. The van der Waals surface area contributed by atoms with Crippen molar-refractivity contribution in [3.05, 3.63) is 30.2 Å². The van der Waals surface area contributed by atoms with E-state index in [0.717, 1.165) is 64.0 Å². The molecule has 0 amide bonds. The first kappa shape index (κ1) is 28.2. The second-order valence-corrected chi connectivity index (χ2v) is 7.89. The first-order chi connectivity index (χ1) is 11.1. The van der Waals surface area contributed by atoms with Crippen molar-refractivity contribution in [1.82, 2.24) is 19.9 Å². The maximum absolute atomic E-state index is 4.39. The Bertz CT molecular complexity index is 566. The van der Waals surface area contributed by atoms with E-state index < -0.39 is 0 Å². The Hall–Kier alpha value is -0.997. The summed E-state index contributed by atoms with van der Waals surface area (Å²) in [5, 5.41) is 0. The fourth-order valence-corrected chi connectivity index (χ4v) is 3.71. The Labute approximate surface area is 178 Å². The van der Waals surface area contributed by atoms with E-state index in [1.165, 1.54) is 0 Å². The van der Waals surface area contributed by atoms with Crippen LogP contribution in [-0.2, 0) is 19.5 Å². The molecule has 1 radical (unpaired) electrons. The third-order valence-electron chi connectivity index (χ3n) is 6.63. The molecule has 0 unspecified atom stereocenters. The van der Waals surface area contributed by atoms with E-state index in [1.54, 1.807) is 0 Å². The van der Waals surface area contributed by atoms with Crippen LogP contribution in [0.15, 0.2) is 0 Å². The molecule has 1 aliphatic carbocycles. The van der Waals surface area contributed by atoms with Gasteiger partial charge in [-0.2, -0.15) is 0 Å². The van der Waals surface area contributed by atoms with Crippen LogP contribution in [-0.4, -0.2) is 25.4 Å². The number of H-pyrrole nitrogens is 2. The van der Waals surface area contributed by atoms with Crippen molar-refractivity contribution in [3.63, 3.8) is 0 Å². The molecule has 1 fully saturated rings. The molecule has 5 nitrogen and oxygen atoms in total. The SMILES string of the molecule is CC1C(C)C(C)C(C)C1C.Cc1nc(-c2nc(C)c(C)[nH]2)[nH]c1C.O.[CH3-].[Rh]. The van der Waals surface area contributed by atoms with E-state index in [4.69, 9.17) is 0 Å². The molecule has 0 aromatic carbocycles. The van der Waals surface area contributed by atoms with Crippen molar-refractivity contribution in [1.29, 1.82) is 0 Å². The van der Waals surface area contributed by atoms with E-state index in [0.29, 0.717) is 0 Å². The van der Waals surface area contributed by atoms with Crippen LogP contribution >= 0.6 is 0 Å². The average molecular weight is 466 g/mol. The van der Waals surface area contributed by atoms with Crippen LogP contribution in [0.1, 0.15) is 57.4 Å². The van der Waals surface area contributed by atoms with Gasteiger partial charge in [0.2, 0.25) is 0 Å².